The molecule has 0 amide bonds. The third-order valence-electron chi connectivity index (χ3n) is 2.51. The standard InChI is InChI=1S/C12H16N4O2S/c1-8-5-10(17)9(6-14-8)12-16-15-11(19-12)7-13-3-4-18-2/h5-6,13H,3-4,7H2,1-2H3,(H,14,17). The van der Waals surface area contributed by atoms with Gasteiger partial charge in [0.2, 0.25) is 0 Å². The number of aryl methyl sites for hydroxylation is 1. The lowest BCUT2D eigenvalue weighted by molar-refractivity contribution is 0.199. The van der Waals surface area contributed by atoms with Crippen LogP contribution in [0.2, 0.25) is 0 Å². The van der Waals surface area contributed by atoms with Crippen molar-refractivity contribution in [2.75, 3.05) is 20.3 Å². The Hall–Kier alpha value is -1.57. The Morgan fingerprint density at radius 2 is 2.32 bits per heavy atom. The zero-order chi connectivity index (χ0) is 13.7. The normalized spacial score (nSPS) is 10.8. The maximum absolute atomic E-state index is 11.8. The van der Waals surface area contributed by atoms with Gasteiger partial charge in [-0.05, 0) is 6.92 Å². The molecule has 0 atom stereocenters. The van der Waals surface area contributed by atoms with E-state index in [1.54, 1.807) is 19.4 Å². The van der Waals surface area contributed by atoms with Crippen molar-refractivity contribution in [2.45, 2.75) is 13.5 Å². The van der Waals surface area contributed by atoms with Gasteiger partial charge in [-0.1, -0.05) is 11.3 Å². The van der Waals surface area contributed by atoms with E-state index in [0.717, 1.165) is 17.2 Å². The van der Waals surface area contributed by atoms with Crippen molar-refractivity contribution in [3.05, 3.63) is 33.2 Å². The quantitative estimate of drug-likeness (QED) is 0.770. The monoisotopic (exact) mass is 280 g/mol. The topological polar surface area (TPSA) is 79.9 Å². The molecule has 2 rings (SSSR count). The summed E-state index contributed by atoms with van der Waals surface area (Å²) in [7, 11) is 1.66. The molecule has 2 heterocycles. The number of ether oxygens (including phenoxy) is 1. The van der Waals surface area contributed by atoms with E-state index in [0.29, 0.717) is 23.7 Å². The minimum atomic E-state index is -0.0358. The Bertz CT molecular complexity index is 593. The summed E-state index contributed by atoms with van der Waals surface area (Å²) in [5.41, 5.74) is 1.36. The number of hydrogen-bond donors (Lipinski definition) is 2. The molecule has 2 aromatic heterocycles. The number of pyridine rings is 1. The van der Waals surface area contributed by atoms with Crippen molar-refractivity contribution in [3.63, 3.8) is 0 Å². The first-order chi connectivity index (χ1) is 9.20. The lowest BCUT2D eigenvalue weighted by Crippen LogP contribution is -2.18. The van der Waals surface area contributed by atoms with Gasteiger partial charge >= 0.3 is 0 Å². The first-order valence-electron chi connectivity index (χ1n) is 5.92. The van der Waals surface area contributed by atoms with E-state index in [1.807, 2.05) is 6.92 Å². The molecule has 6 nitrogen and oxygen atoms in total. The molecular formula is C12H16N4O2S. The van der Waals surface area contributed by atoms with Crippen LogP contribution in [-0.4, -0.2) is 35.4 Å². The Morgan fingerprint density at radius 3 is 3.05 bits per heavy atom. The van der Waals surface area contributed by atoms with Crippen LogP contribution in [0.25, 0.3) is 10.6 Å². The number of nitrogens with zero attached hydrogens (tertiary/aromatic N) is 2. The Balaban J connectivity index is 2.06. The van der Waals surface area contributed by atoms with Crippen LogP contribution in [0, 0.1) is 6.92 Å². The lowest BCUT2D eigenvalue weighted by atomic mass is 10.2. The van der Waals surface area contributed by atoms with Crippen LogP contribution in [0.1, 0.15) is 10.7 Å². The zero-order valence-corrected chi connectivity index (χ0v) is 11.7. The summed E-state index contributed by atoms with van der Waals surface area (Å²) in [5.74, 6) is 0. The molecule has 0 spiro atoms. The smallest absolute Gasteiger partial charge is 0.192 e. The van der Waals surface area contributed by atoms with E-state index in [1.165, 1.54) is 11.3 Å². The fourth-order valence-corrected chi connectivity index (χ4v) is 2.37. The predicted octanol–water partition coefficient (Wildman–Crippen LogP) is 0.938. The summed E-state index contributed by atoms with van der Waals surface area (Å²) in [5, 5.41) is 12.8. The molecular weight excluding hydrogens is 264 g/mol. The predicted molar refractivity (Wildman–Crippen MR) is 74.3 cm³/mol. The first kappa shape index (κ1) is 13.9. The number of methoxy groups -OCH3 is 1. The summed E-state index contributed by atoms with van der Waals surface area (Å²) in [4.78, 5) is 14.9. The third kappa shape index (κ3) is 3.69. The van der Waals surface area contributed by atoms with Crippen LogP contribution in [0.3, 0.4) is 0 Å². The fraction of sp³-hybridized carbons (Fsp3) is 0.417. The maximum atomic E-state index is 11.8. The minimum Gasteiger partial charge on any atom is -0.383 e. The zero-order valence-electron chi connectivity index (χ0n) is 10.9. The van der Waals surface area contributed by atoms with E-state index in [-0.39, 0.29) is 5.43 Å². The van der Waals surface area contributed by atoms with Crippen molar-refractivity contribution in [2.24, 2.45) is 0 Å². The van der Waals surface area contributed by atoms with Crippen LogP contribution in [0.15, 0.2) is 17.1 Å². The highest BCUT2D eigenvalue weighted by Crippen LogP contribution is 2.19. The van der Waals surface area contributed by atoms with Gasteiger partial charge in [0.15, 0.2) is 10.4 Å². The molecule has 19 heavy (non-hydrogen) atoms. The second-order valence-corrected chi connectivity index (χ2v) is 5.13. The summed E-state index contributed by atoms with van der Waals surface area (Å²) in [6.45, 7) is 3.89. The first-order valence-corrected chi connectivity index (χ1v) is 6.74. The van der Waals surface area contributed by atoms with Gasteiger partial charge in [-0.15, -0.1) is 10.2 Å². The molecule has 7 heteroatoms. The number of H-pyrrole nitrogens is 1. The average Bonchev–Trinajstić information content (AvgIpc) is 2.83. The van der Waals surface area contributed by atoms with Gasteiger partial charge < -0.3 is 15.0 Å². The minimum absolute atomic E-state index is 0.0358. The molecule has 0 aliphatic carbocycles. The highest BCUT2D eigenvalue weighted by atomic mass is 32.1. The second-order valence-electron chi connectivity index (χ2n) is 4.06. The van der Waals surface area contributed by atoms with E-state index >= 15 is 0 Å². The number of rotatable bonds is 6. The van der Waals surface area contributed by atoms with Crippen molar-refractivity contribution < 1.29 is 4.74 Å². The molecule has 102 valence electrons. The molecule has 0 fully saturated rings. The molecule has 0 radical (unpaired) electrons. The molecule has 0 bridgehead atoms. The molecule has 0 saturated carbocycles. The summed E-state index contributed by atoms with van der Waals surface area (Å²) < 4.78 is 4.94. The van der Waals surface area contributed by atoms with Crippen molar-refractivity contribution in [1.82, 2.24) is 20.5 Å². The van der Waals surface area contributed by atoms with Gasteiger partial charge in [0.25, 0.3) is 0 Å². The Kier molecular flexibility index (Phi) is 4.78. The highest BCUT2D eigenvalue weighted by Gasteiger charge is 2.09. The van der Waals surface area contributed by atoms with Gasteiger partial charge in [0.1, 0.15) is 5.01 Å². The average molecular weight is 280 g/mol. The number of hydrogen-bond acceptors (Lipinski definition) is 6. The van der Waals surface area contributed by atoms with Crippen LogP contribution >= 0.6 is 11.3 Å². The third-order valence-corrected chi connectivity index (χ3v) is 3.47. The summed E-state index contributed by atoms with van der Waals surface area (Å²) >= 11 is 1.42. The van der Waals surface area contributed by atoms with E-state index in [9.17, 15) is 4.79 Å². The van der Waals surface area contributed by atoms with Crippen LogP contribution in [0.4, 0.5) is 0 Å². The number of aromatic nitrogens is 3. The molecule has 0 aromatic carbocycles. The van der Waals surface area contributed by atoms with Gasteiger partial charge in [-0.25, -0.2) is 0 Å². The Morgan fingerprint density at radius 1 is 1.47 bits per heavy atom. The van der Waals surface area contributed by atoms with Crippen molar-refractivity contribution in [1.29, 1.82) is 0 Å². The van der Waals surface area contributed by atoms with Gasteiger partial charge in [-0.3, -0.25) is 4.79 Å². The second kappa shape index (κ2) is 6.55. The van der Waals surface area contributed by atoms with Gasteiger partial charge in [0.05, 0.1) is 12.2 Å². The molecule has 2 N–H and O–H groups in total. The molecule has 0 aliphatic rings. The van der Waals surface area contributed by atoms with Crippen LogP contribution in [0.5, 0.6) is 0 Å². The lowest BCUT2D eigenvalue weighted by Gasteiger charge is -1.99. The molecule has 0 saturated heterocycles. The van der Waals surface area contributed by atoms with Gasteiger partial charge in [-0.2, -0.15) is 0 Å². The SMILES string of the molecule is COCCNCc1nnc(-c2c[nH]c(C)cc2=O)s1. The van der Waals surface area contributed by atoms with E-state index < -0.39 is 0 Å². The molecule has 0 aliphatic heterocycles. The van der Waals surface area contributed by atoms with Crippen LogP contribution < -0.4 is 10.7 Å². The fourth-order valence-electron chi connectivity index (χ4n) is 1.54. The number of nitrogens with one attached hydrogen (secondary N) is 2. The summed E-state index contributed by atoms with van der Waals surface area (Å²) in [6, 6.07) is 1.56. The van der Waals surface area contributed by atoms with Crippen molar-refractivity contribution >= 4 is 11.3 Å². The van der Waals surface area contributed by atoms with Gasteiger partial charge in [0, 0.05) is 38.2 Å². The molecule has 2 aromatic rings. The van der Waals surface area contributed by atoms with Crippen molar-refractivity contribution in [3.8, 4) is 10.6 Å². The maximum Gasteiger partial charge on any atom is 0.192 e. The van der Waals surface area contributed by atoms with E-state index in [4.69, 9.17) is 4.74 Å². The molecule has 0 unspecified atom stereocenters. The van der Waals surface area contributed by atoms with E-state index in [2.05, 4.69) is 20.5 Å². The number of aromatic amines is 1. The highest BCUT2D eigenvalue weighted by molar-refractivity contribution is 7.14. The Labute approximate surface area is 114 Å². The largest absolute Gasteiger partial charge is 0.383 e. The summed E-state index contributed by atoms with van der Waals surface area (Å²) in [6.07, 6.45) is 1.68. The van der Waals surface area contributed by atoms with Crippen LogP contribution in [-0.2, 0) is 11.3 Å².